The quantitative estimate of drug-likeness (QED) is 0.674. The van der Waals surface area contributed by atoms with Crippen LogP contribution in [0.3, 0.4) is 0 Å². The Bertz CT molecular complexity index is 353. The summed E-state index contributed by atoms with van der Waals surface area (Å²) >= 11 is 0. The third-order valence-electron chi connectivity index (χ3n) is 2.17. The van der Waals surface area contributed by atoms with Crippen LogP contribution in [0.2, 0.25) is 0 Å². The van der Waals surface area contributed by atoms with Gasteiger partial charge in [0.2, 0.25) is 5.79 Å². The van der Waals surface area contributed by atoms with Crippen LogP contribution in [0, 0.1) is 11.6 Å². The SMILES string of the molecule is CC1OC1(O)c1ccc(F)cc1F. The number of aliphatic hydroxyl groups is 1. The van der Waals surface area contributed by atoms with Crippen LogP contribution in [0.5, 0.6) is 0 Å². The molecule has 0 aromatic heterocycles. The highest BCUT2D eigenvalue weighted by Gasteiger charge is 2.55. The number of halogens is 2. The Kier molecular flexibility index (Phi) is 1.65. The van der Waals surface area contributed by atoms with Crippen LogP contribution in [0.15, 0.2) is 18.2 Å². The number of epoxide rings is 1. The maximum absolute atomic E-state index is 13.1. The molecule has 1 aromatic carbocycles. The van der Waals surface area contributed by atoms with Crippen LogP contribution < -0.4 is 0 Å². The molecular formula is C9H8F2O2. The molecule has 70 valence electrons. The number of ether oxygens (including phenoxy) is 1. The predicted molar refractivity (Wildman–Crippen MR) is 40.8 cm³/mol. The van der Waals surface area contributed by atoms with Crippen LogP contribution in [0.25, 0.3) is 0 Å². The first-order valence-corrected chi connectivity index (χ1v) is 3.90. The van der Waals surface area contributed by atoms with Gasteiger partial charge in [0.15, 0.2) is 0 Å². The minimum absolute atomic E-state index is 0.0126. The van der Waals surface area contributed by atoms with E-state index in [1.165, 1.54) is 6.07 Å². The first-order chi connectivity index (χ1) is 6.04. The lowest BCUT2D eigenvalue weighted by molar-refractivity contribution is 0.0300. The molecule has 2 nitrogen and oxygen atoms in total. The van der Waals surface area contributed by atoms with Crippen molar-refractivity contribution in [1.82, 2.24) is 0 Å². The van der Waals surface area contributed by atoms with Gasteiger partial charge in [-0.1, -0.05) is 0 Å². The van der Waals surface area contributed by atoms with Gasteiger partial charge in [-0.25, -0.2) is 8.78 Å². The molecule has 1 aliphatic rings. The fourth-order valence-corrected chi connectivity index (χ4v) is 1.30. The van der Waals surface area contributed by atoms with Crippen molar-refractivity contribution in [2.24, 2.45) is 0 Å². The summed E-state index contributed by atoms with van der Waals surface area (Å²) in [6, 6.07) is 3.00. The summed E-state index contributed by atoms with van der Waals surface area (Å²) in [6.07, 6.45) is -0.438. The fourth-order valence-electron chi connectivity index (χ4n) is 1.30. The lowest BCUT2D eigenvalue weighted by atomic mass is 10.1. The monoisotopic (exact) mass is 186 g/mol. The van der Waals surface area contributed by atoms with Crippen LogP contribution in [-0.4, -0.2) is 11.2 Å². The second kappa shape index (κ2) is 2.49. The van der Waals surface area contributed by atoms with Crippen molar-refractivity contribution in [3.8, 4) is 0 Å². The average Bonchev–Trinajstić information content (AvgIpc) is 2.59. The van der Waals surface area contributed by atoms with Crippen molar-refractivity contribution in [1.29, 1.82) is 0 Å². The molecule has 13 heavy (non-hydrogen) atoms. The Hall–Kier alpha value is -1.00. The number of hydrogen-bond acceptors (Lipinski definition) is 2. The second-order valence-corrected chi connectivity index (χ2v) is 3.08. The molecule has 2 rings (SSSR count). The van der Waals surface area contributed by atoms with Crippen LogP contribution >= 0.6 is 0 Å². The van der Waals surface area contributed by atoms with Gasteiger partial charge in [-0.15, -0.1) is 0 Å². The van der Waals surface area contributed by atoms with E-state index in [1.54, 1.807) is 6.92 Å². The van der Waals surface area contributed by atoms with Crippen molar-refractivity contribution in [2.45, 2.75) is 18.8 Å². The summed E-state index contributed by atoms with van der Waals surface area (Å²) in [4.78, 5) is 0. The summed E-state index contributed by atoms with van der Waals surface area (Å²) in [6.45, 7) is 1.61. The molecule has 2 unspecified atom stereocenters. The molecule has 1 saturated heterocycles. The van der Waals surface area contributed by atoms with E-state index in [2.05, 4.69) is 0 Å². The van der Waals surface area contributed by atoms with Crippen molar-refractivity contribution < 1.29 is 18.6 Å². The van der Waals surface area contributed by atoms with Crippen LogP contribution in [-0.2, 0) is 10.5 Å². The van der Waals surface area contributed by atoms with E-state index in [1.807, 2.05) is 0 Å². The van der Waals surface area contributed by atoms with Crippen LogP contribution in [0.4, 0.5) is 8.78 Å². The van der Waals surface area contributed by atoms with Gasteiger partial charge >= 0.3 is 0 Å². The lowest BCUT2D eigenvalue weighted by Crippen LogP contribution is -2.12. The topological polar surface area (TPSA) is 32.8 Å². The van der Waals surface area contributed by atoms with Crippen molar-refractivity contribution in [3.05, 3.63) is 35.4 Å². The Labute approximate surface area is 73.8 Å². The molecule has 1 N–H and O–H groups in total. The van der Waals surface area contributed by atoms with E-state index in [4.69, 9.17) is 4.74 Å². The Morgan fingerprint density at radius 1 is 1.46 bits per heavy atom. The molecule has 1 heterocycles. The van der Waals surface area contributed by atoms with Crippen molar-refractivity contribution >= 4 is 0 Å². The lowest BCUT2D eigenvalue weighted by Gasteiger charge is -2.05. The summed E-state index contributed by atoms with van der Waals surface area (Å²) in [5, 5.41) is 9.56. The molecule has 2 atom stereocenters. The molecule has 1 fully saturated rings. The summed E-state index contributed by atoms with van der Waals surface area (Å²) in [5.74, 6) is -3.01. The molecule has 0 spiro atoms. The third-order valence-corrected chi connectivity index (χ3v) is 2.17. The highest BCUT2D eigenvalue weighted by molar-refractivity contribution is 5.27. The van der Waals surface area contributed by atoms with E-state index in [-0.39, 0.29) is 5.56 Å². The number of hydrogen-bond donors (Lipinski definition) is 1. The maximum atomic E-state index is 13.1. The zero-order valence-electron chi connectivity index (χ0n) is 6.92. The average molecular weight is 186 g/mol. The molecule has 1 aromatic rings. The smallest absolute Gasteiger partial charge is 0.222 e. The molecule has 0 amide bonds. The van der Waals surface area contributed by atoms with E-state index in [0.29, 0.717) is 0 Å². The summed E-state index contributed by atoms with van der Waals surface area (Å²) in [5.41, 5.74) is -0.0126. The molecule has 0 aliphatic carbocycles. The zero-order valence-corrected chi connectivity index (χ0v) is 6.92. The normalized spacial score (nSPS) is 31.8. The zero-order chi connectivity index (χ0) is 9.64. The standard InChI is InChI=1S/C9H8F2O2/c1-5-9(12,13-5)7-3-2-6(10)4-8(7)11/h2-5,12H,1H3. The minimum Gasteiger partial charge on any atom is -0.360 e. The first kappa shape index (κ1) is 8.59. The number of benzene rings is 1. The maximum Gasteiger partial charge on any atom is 0.222 e. The molecular weight excluding hydrogens is 178 g/mol. The fraction of sp³-hybridized carbons (Fsp3) is 0.333. The molecule has 0 saturated carbocycles. The van der Waals surface area contributed by atoms with Crippen molar-refractivity contribution in [3.63, 3.8) is 0 Å². The van der Waals surface area contributed by atoms with E-state index in [9.17, 15) is 13.9 Å². The third kappa shape index (κ3) is 1.22. The summed E-state index contributed by atoms with van der Waals surface area (Å²) in [7, 11) is 0. The van der Waals surface area contributed by atoms with Gasteiger partial charge in [-0.05, 0) is 19.1 Å². The Morgan fingerprint density at radius 2 is 2.08 bits per heavy atom. The highest BCUT2D eigenvalue weighted by Crippen LogP contribution is 2.44. The van der Waals surface area contributed by atoms with E-state index in [0.717, 1.165) is 12.1 Å². The highest BCUT2D eigenvalue weighted by atomic mass is 19.1. The van der Waals surface area contributed by atoms with Gasteiger partial charge in [-0.3, -0.25) is 0 Å². The largest absolute Gasteiger partial charge is 0.360 e. The van der Waals surface area contributed by atoms with Crippen LogP contribution in [0.1, 0.15) is 12.5 Å². The Balaban J connectivity index is 2.42. The van der Waals surface area contributed by atoms with Gasteiger partial charge in [0.1, 0.15) is 17.7 Å². The van der Waals surface area contributed by atoms with Gasteiger partial charge < -0.3 is 9.84 Å². The van der Waals surface area contributed by atoms with Gasteiger partial charge in [0.05, 0.1) is 0 Å². The van der Waals surface area contributed by atoms with Gasteiger partial charge in [0.25, 0.3) is 0 Å². The minimum atomic E-state index is -1.56. The van der Waals surface area contributed by atoms with E-state index < -0.39 is 23.5 Å². The molecule has 1 aliphatic heterocycles. The molecule has 0 bridgehead atoms. The van der Waals surface area contributed by atoms with Gasteiger partial charge in [0, 0.05) is 11.6 Å². The molecule has 0 radical (unpaired) electrons. The predicted octanol–water partition coefficient (Wildman–Crippen LogP) is 1.53. The number of rotatable bonds is 1. The second-order valence-electron chi connectivity index (χ2n) is 3.08. The van der Waals surface area contributed by atoms with Crippen molar-refractivity contribution in [2.75, 3.05) is 0 Å². The molecule has 4 heteroatoms. The van der Waals surface area contributed by atoms with E-state index >= 15 is 0 Å². The Morgan fingerprint density at radius 3 is 2.54 bits per heavy atom. The van der Waals surface area contributed by atoms with Gasteiger partial charge in [-0.2, -0.15) is 0 Å². The first-order valence-electron chi connectivity index (χ1n) is 3.90. The summed E-state index contributed by atoms with van der Waals surface area (Å²) < 4.78 is 30.4.